The molecule has 3 atom stereocenters. The van der Waals surface area contributed by atoms with Gasteiger partial charge in [0.1, 0.15) is 5.65 Å². The molecule has 5 heteroatoms. The number of carbonyl (C=O) groups is 1. The number of hydrogen-bond donors (Lipinski definition) is 1. The molecule has 20 heavy (non-hydrogen) atoms. The van der Waals surface area contributed by atoms with Crippen LogP contribution in [0.4, 0.5) is 0 Å². The molecule has 2 aliphatic rings. The number of likely N-dealkylation sites (tertiary alicyclic amines) is 1. The lowest BCUT2D eigenvalue weighted by atomic mass is 9.98. The number of hydrogen-bond acceptors (Lipinski definition) is 3. The Morgan fingerprint density at radius 3 is 3.05 bits per heavy atom. The molecule has 5 nitrogen and oxygen atoms in total. The Morgan fingerprint density at radius 1 is 1.30 bits per heavy atom. The van der Waals surface area contributed by atoms with Crippen molar-refractivity contribution >= 4 is 11.6 Å². The van der Waals surface area contributed by atoms with Crippen molar-refractivity contribution in [3.8, 4) is 0 Å². The summed E-state index contributed by atoms with van der Waals surface area (Å²) < 4.78 is 1.88. The highest BCUT2D eigenvalue weighted by Crippen LogP contribution is 2.37. The van der Waals surface area contributed by atoms with Gasteiger partial charge in [0.2, 0.25) is 0 Å². The number of nitrogens with two attached hydrogens (primary N) is 1. The molecule has 3 unspecified atom stereocenters. The minimum atomic E-state index is 0.113. The number of imidazole rings is 1. The van der Waals surface area contributed by atoms with Crippen molar-refractivity contribution in [2.75, 3.05) is 13.1 Å². The third-order valence-electron chi connectivity index (χ3n) is 4.84. The van der Waals surface area contributed by atoms with Crippen LogP contribution in [0.1, 0.15) is 23.2 Å². The predicted molar refractivity (Wildman–Crippen MR) is 75.3 cm³/mol. The van der Waals surface area contributed by atoms with Crippen LogP contribution >= 0.6 is 0 Å². The van der Waals surface area contributed by atoms with Crippen molar-refractivity contribution < 1.29 is 4.79 Å². The van der Waals surface area contributed by atoms with Gasteiger partial charge in [-0.05, 0) is 36.8 Å². The van der Waals surface area contributed by atoms with E-state index in [9.17, 15) is 4.79 Å². The van der Waals surface area contributed by atoms with Crippen molar-refractivity contribution in [3.63, 3.8) is 0 Å². The fraction of sp³-hybridized carbons (Fsp3) is 0.467. The van der Waals surface area contributed by atoms with E-state index in [0.717, 1.165) is 37.1 Å². The molecular weight excluding hydrogens is 252 g/mol. The molecular formula is C15H18N4O. The summed E-state index contributed by atoms with van der Waals surface area (Å²) >= 11 is 0. The molecule has 0 aromatic carbocycles. The van der Waals surface area contributed by atoms with Crippen LogP contribution < -0.4 is 5.73 Å². The summed E-state index contributed by atoms with van der Waals surface area (Å²) in [6.45, 7) is 1.67. The monoisotopic (exact) mass is 270 g/mol. The van der Waals surface area contributed by atoms with Crippen LogP contribution in [0, 0.1) is 11.8 Å². The standard InChI is InChI=1S/C15H18N4O/c16-13-3-1-10-7-19(9-12(10)13)15(20)11-2-4-14-17-5-6-18(14)8-11/h2,4-6,8,10,12-13H,1,3,7,9,16H2. The van der Waals surface area contributed by atoms with Crippen molar-refractivity contribution in [3.05, 3.63) is 36.3 Å². The number of nitrogens with zero attached hydrogens (tertiary/aromatic N) is 3. The summed E-state index contributed by atoms with van der Waals surface area (Å²) in [5, 5.41) is 0. The topological polar surface area (TPSA) is 63.6 Å². The average Bonchev–Trinajstić information content (AvgIpc) is 3.14. The van der Waals surface area contributed by atoms with Gasteiger partial charge in [0.25, 0.3) is 5.91 Å². The largest absolute Gasteiger partial charge is 0.338 e. The highest BCUT2D eigenvalue weighted by molar-refractivity contribution is 5.94. The maximum atomic E-state index is 12.6. The second-order valence-electron chi connectivity index (χ2n) is 5.99. The van der Waals surface area contributed by atoms with Crippen molar-refractivity contribution in [1.82, 2.24) is 14.3 Å². The maximum absolute atomic E-state index is 12.6. The van der Waals surface area contributed by atoms with Gasteiger partial charge < -0.3 is 15.0 Å². The molecule has 1 saturated heterocycles. The lowest BCUT2D eigenvalue weighted by Gasteiger charge is -2.18. The molecule has 1 aliphatic heterocycles. The predicted octanol–water partition coefficient (Wildman–Crippen LogP) is 1.14. The van der Waals surface area contributed by atoms with Gasteiger partial charge in [0, 0.05) is 37.7 Å². The van der Waals surface area contributed by atoms with Crippen LogP contribution in [-0.2, 0) is 0 Å². The van der Waals surface area contributed by atoms with Crippen LogP contribution in [0.15, 0.2) is 30.7 Å². The van der Waals surface area contributed by atoms with Crippen molar-refractivity contribution in [2.24, 2.45) is 17.6 Å². The highest BCUT2D eigenvalue weighted by Gasteiger charge is 2.42. The Bertz CT molecular complexity index is 665. The third-order valence-corrected chi connectivity index (χ3v) is 4.84. The van der Waals surface area contributed by atoms with Crippen LogP contribution in [0.3, 0.4) is 0 Å². The number of pyridine rings is 1. The van der Waals surface area contributed by atoms with E-state index >= 15 is 0 Å². The van der Waals surface area contributed by atoms with Gasteiger partial charge in [0.15, 0.2) is 0 Å². The molecule has 104 valence electrons. The molecule has 2 N–H and O–H groups in total. The van der Waals surface area contributed by atoms with E-state index < -0.39 is 0 Å². The van der Waals surface area contributed by atoms with Gasteiger partial charge in [-0.15, -0.1) is 0 Å². The Morgan fingerprint density at radius 2 is 2.20 bits per heavy atom. The normalized spacial score (nSPS) is 29.1. The molecule has 3 heterocycles. The first-order chi connectivity index (χ1) is 9.72. The zero-order valence-corrected chi connectivity index (χ0v) is 11.3. The number of carbonyl (C=O) groups excluding carboxylic acids is 1. The fourth-order valence-electron chi connectivity index (χ4n) is 3.70. The minimum Gasteiger partial charge on any atom is -0.338 e. The molecule has 2 aromatic rings. The number of amides is 1. The first-order valence-electron chi connectivity index (χ1n) is 7.20. The van der Waals surface area contributed by atoms with E-state index in [2.05, 4.69) is 4.98 Å². The highest BCUT2D eigenvalue weighted by atomic mass is 16.2. The summed E-state index contributed by atoms with van der Waals surface area (Å²) in [5.41, 5.74) is 7.72. The van der Waals surface area contributed by atoms with Crippen molar-refractivity contribution in [2.45, 2.75) is 18.9 Å². The van der Waals surface area contributed by atoms with Crippen LogP contribution in [0.25, 0.3) is 5.65 Å². The summed E-state index contributed by atoms with van der Waals surface area (Å²) in [5.74, 6) is 1.21. The summed E-state index contributed by atoms with van der Waals surface area (Å²) in [4.78, 5) is 18.8. The van der Waals surface area contributed by atoms with Crippen LogP contribution in [0.5, 0.6) is 0 Å². The molecule has 1 aliphatic carbocycles. The summed E-state index contributed by atoms with van der Waals surface area (Å²) in [6, 6.07) is 4.02. The van der Waals surface area contributed by atoms with E-state index in [4.69, 9.17) is 5.73 Å². The van der Waals surface area contributed by atoms with Gasteiger partial charge >= 0.3 is 0 Å². The van der Waals surface area contributed by atoms with Crippen molar-refractivity contribution in [1.29, 1.82) is 0 Å². The molecule has 0 spiro atoms. The van der Waals surface area contributed by atoms with Gasteiger partial charge in [-0.2, -0.15) is 0 Å². The van der Waals surface area contributed by atoms with E-state index in [0.29, 0.717) is 11.8 Å². The molecule has 0 bridgehead atoms. The van der Waals surface area contributed by atoms with E-state index in [1.165, 1.54) is 0 Å². The zero-order chi connectivity index (χ0) is 13.7. The molecule has 4 rings (SSSR count). The van der Waals surface area contributed by atoms with Gasteiger partial charge in [-0.25, -0.2) is 4.98 Å². The SMILES string of the molecule is NC1CCC2CN(C(=O)c3ccc4nccn4c3)CC12. The zero-order valence-electron chi connectivity index (χ0n) is 11.3. The second-order valence-corrected chi connectivity index (χ2v) is 5.99. The van der Waals surface area contributed by atoms with Gasteiger partial charge in [0.05, 0.1) is 5.56 Å². The van der Waals surface area contributed by atoms with E-state index in [1.807, 2.05) is 33.8 Å². The Kier molecular flexibility index (Phi) is 2.57. The van der Waals surface area contributed by atoms with E-state index in [-0.39, 0.29) is 11.9 Å². The first kappa shape index (κ1) is 11.9. The number of fused-ring (bicyclic) bond motifs is 2. The minimum absolute atomic E-state index is 0.113. The van der Waals surface area contributed by atoms with E-state index in [1.54, 1.807) is 6.20 Å². The molecule has 1 saturated carbocycles. The quantitative estimate of drug-likeness (QED) is 0.845. The Labute approximate surface area is 117 Å². The lowest BCUT2D eigenvalue weighted by Crippen LogP contribution is -2.33. The lowest BCUT2D eigenvalue weighted by molar-refractivity contribution is 0.0779. The number of rotatable bonds is 1. The average molecular weight is 270 g/mol. The summed E-state index contributed by atoms with van der Waals surface area (Å²) in [7, 11) is 0. The summed E-state index contributed by atoms with van der Waals surface area (Å²) in [6.07, 6.45) is 7.73. The fourth-order valence-corrected chi connectivity index (χ4v) is 3.70. The third kappa shape index (κ3) is 1.73. The van der Waals surface area contributed by atoms with Gasteiger partial charge in [-0.1, -0.05) is 0 Å². The maximum Gasteiger partial charge on any atom is 0.255 e. The molecule has 2 aromatic heterocycles. The Balaban J connectivity index is 1.58. The Hall–Kier alpha value is -1.88. The van der Waals surface area contributed by atoms with Crippen LogP contribution in [0.2, 0.25) is 0 Å². The van der Waals surface area contributed by atoms with Crippen LogP contribution in [-0.4, -0.2) is 39.3 Å². The number of aromatic nitrogens is 2. The molecule has 0 radical (unpaired) electrons. The molecule has 1 amide bonds. The van der Waals surface area contributed by atoms with Gasteiger partial charge in [-0.3, -0.25) is 4.79 Å². The second kappa shape index (κ2) is 4.31. The smallest absolute Gasteiger partial charge is 0.255 e. The molecule has 2 fully saturated rings. The first-order valence-corrected chi connectivity index (χ1v) is 7.20.